The van der Waals surface area contributed by atoms with E-state index in [1.165, 1.54) is 0 Å². The number of hydrogen-bond acceptors (Lipinski definition) is 2. The lowest BCUT2D eigenvalue weighted by Crippen LogP contribution is -1.98. The van der Waals surface area contributed by atoms with E-state index in [4.69, 9.17) is 11.2 Å². The van der Waals surface area contributed by atoms with E-state index in [1.54, 1.807) is 0 Å². The summed E-state index contributed by atoms with van der Waals surface area (Å²) in [5, 5.41) is 0. The molecule has 1 aliphatic rings. The second-order valence-electron chi connectivity index (χ2n) is 3.20. The molecule has 0 N–H and O–H groups in total. The second kappa shape index (κ2) is 3.55. The van der Waals surface area contributed by atoms with Gasteiger partial charge in [-0.1, -0.05) is 18.1 Å². The van der Waals surface area contributed by atoms with Gasteiger partial charge in [0.1, 0.15) is 12.4 Å². The van der Waals surface area contributed by atoms with Crippen LogP contribution in [0, 0.1) is 12.3 Å². The van der Waals surface area contributed by atoms with Crippen molar-refractivity contribution >= 4 is 5.78 Å². The van der Waals surface area contributed by atoms with Crippen LogP contribution in [0.5, 0.6) is 5.75 Å². The van der Waals surface area contributed by atoms with Gasteiger partial charge in [-0.3, -0.25) is 4.79 Å². The Hall–Kier alpha value is -1.75. The van der Waals surface area contributed by atoms with Gasteiger partial charge >= 0.3 is 0 Å². The Morgan fingerprint density at radius 2 is 2.29 bits per heavy atom. The van der Waals surface area contributed by atoms with Crippen LogP contribution in [-0.2, 0) is 6.42 Å². The fraction of sp³-hybridized carbons (Fsp3) is 0.250. The van der Waals surface area contributed by atoms with Crippen molar-refractivity contribution in [3.63, 3.8) is 0 Å². The smallest absolute Gasteiger partial charge is 0.163 e. The Kier molecular flexibility index (Phi) is 2.24. The number of ketones is 1. The molecule has 14 heavy (non-hydrogen) atoms. The Bertz CT molecular complexity index is 413. The first kappa shape index (κ1) is 8.83. The molecule has 0 spiro atoms. The maximum absolute atomic E-state index is 11.4. The minimum Gasteiger partial charge on any atom is -0.481 e. The summed E-state index contributed by atoms with van der Waals surface area (Å²) in [4.78, 5) is 11.4. The molecule has 0 heterocycles. The molecule has 1 aromatic carbocycles. The summed E-state index contributed by atoms with van der Waals surface area (Å²) in [7, 11) is 0. The average Bonchev–Trinajstić information content (AvgIpc) is 2.58. The topological polar surface area (TPSA) is 26.3 Å². The molecule has 0 unspecified atom stereocenters. The van der Waals surface area contributed by atoms with E-state index in [2.05, 4.69) is 5.92 Å². The lowest BCUT2D eigenvalue weighted by Gasteiger charge is -2.06. The van der Waals surface area contributed by atoms with Crippen LogP contribution in [0.2, 0.25) is 0 Å². The van der Waals surface area contributed by atoms with Crippen molar-refractivity contribution in [1.82, 2.24) is 0 Å². The Balaban J connectivity index is 2.35. The summed E-state index contributed by atoms with van der Waals surface area (Å²) >= 11 is 0. The molecule has 0 aliphatic heterocycles. The summed E-state index contributed by atoms with van der Waals surface area (Å²) in [5.74, 6) is 3.37. The standard InChI is InChI=1S/C12H10O2/c1-2-8-14-12-5-3-4-9-10(12)6-7-11(9)13/h1,3-5H,6-8H2. The second-order valence-corrected chi connectivity index (χ2v) is 3.20. The number of ether oxygens (including phenoxy) is 1. The highest BCUT2D eigenvalue weighted by atomic mass is 16.5. The van der Waals surface area contributed by atoms with Crippen LogP contribution in [-0.4, -0.2) is 12.4 Å². The van der Waals surface area contributed by atoms with Crippen LogP contribution in [0.3, 0.4) is 0 Å². The number of rotatable bonds is 2. The molecular weight excluding hydrogens is 176 g/mol. The molecule has 0 bridgehead atoms. The molecule has 0 saturated heterocycles. The van der Waals surface area contributed by atoms with Crippen molar-refractivity contribution in [2.45, 2.75) is 12.8 Å². The summed E-state index contributed by atoms with van der Waals surface area (Å²) in [6.07, 6.45) is 6.47. The van der Waals surface area contributed by atoms with Gasteiger partial charge in [0.25, 0.3) is 0 Å². The van der Waals surface area contributed by atoms with Gasteiger partial charge in [-0.05, 0) is 12.5 Å². The summed E-state index contributed by atoms with van der Waals surface area (Å²) < 4.78 is 5.36. The number of benzene rings is 1. The first-order chi connectivity index (χ1) is 6.83. The normalized spacial score (nSPS) is 13.5. The molecule has 0 saturated carbocycles. The molecule has 2 heteroatoms. The van der Waals surface area contributed by atoms with Gasteiger partial charge in [0, 0.05) is 17.5 Å². The zero-order chi connectivity index (χ0) is 9.97. The van der Waals surface area contributed by atoms with Crippen LogP contribution in [0.25, 0.3) is 0 Å². The van der Waals surface area contributed by atoms with E-state index in [1.807, 2.05) is 18.2 Å². The number of hydrogen-bond donors (Lipinski definition) is 0. The SMILES string of the molecule is C#CCOc1cccc2c1CCC2=O. The molecule has 0 radical (unpaired) electrons. The molecule has 0 atom stereocenters. The van der Waals surface area contributed by atoms with Gasteiger partial charge in [0.2, 0.25) is 0 Å². The third-order valence-corrected chi connectivity index (χ3v) is 2.35. The molecule has 1 aliphatic carbocycles. The van der Waals surface area contributed by atoms with E-state index >= 15 is 0 Å². The zero-order valence-corrected chi connectivity index (χ0v) is 7.75. The summed E-state index contributed by atoms with van der Waals surface area (Å²) in [6, 6.07) is 5.52. The van der Waals surface area contributed by atoms with Gasteiger partial charge in [-0.15, -0.1) is 6.42 Å². The highest BCUT2D eigenvalue weighted by Gasteiger charge is 2.22. The molecule has 2 rings (SSSR count). The van der Waals surface area contributed by atoms with Gasteiger partial charge in [-0.2, -0.15) is 0 Å². The predicted molar refractivity (Wildman–Crippen MR) is 53.4 cm³/mol. The largest absolute Gasteiger partial charge is 0.481 e. The quantitative estimate of drug-likeness (QED) is 0.658. The molecule has 0 aromatic heterocycles. The Morgan fingerprint density at radius 1 is 1.43 bits per heavy atom. The number of carbonyl (C=O) groups excluding carboxylic acids is 1. The van der Waals surface area contributed by atoms with Crippen molar-refractivity contribution in [2.24, 2.45) is 0 Å². The molecule has 70 valence electrons. The van der Waals surface area contributed by atoms with E-state index in [9.17, 15) is 4.79 Å². The number of terminal acetylenes is 1. The van der Waals surface area contributed by atoms with E-state index in [0.717, 1.165) is 23.3 Å². The van der Waals surface area contributed by atoms with Crippen molar-refractivity contribution in [3.05, 3.63) is 29.3 Å². The lowest BCUT2D eigenvalue weighted by atomic mass is 10.1. The van der Waals surface area contributed by atoms with Crippen molar-refractivity contribution in [2.75, 3.05) is 6.61 Å². The third-order valence-electron chi connectivity index (χ3n) is 2.35. The summed E-state index contributed by atoms with van der Waals surface area (Å²) in [6.45, 7) is 0.255. The average molecular weight is 186 g/mol. The van der Waals surface area contributed by atoms with Crippen molar-refractivity contribution in [3.8, 4) is 18.1 Å². The van der Waals surface area contributed by atoms with Crippen LogP contribution >= 0.6 is 0 Å². The molecule has 0 amide bonds. The number of Topliss-reactive ketones (excluding diaryl/α,β-unsaturated/α-hetero) is 1. The monoisotopic (exact) mass is 186 g/mol. The molecular formula is C12H10O2. The van der Waals surface area contributed by atoms with E-state index in [-0.39, 0.29) is 12.4 Å². The van der Waals surface area contributed by atoms with Crippen LogP contribution in [0.15, 0.2) is 18.2 Å². The van der Waals surface area contributed by atoms with E-state index in [0.29, 0.717) is 6.42 Å². The zero-order valence-electron chi connectivity index (χ0n) is 7.75. The highest BCUT2D eigenvalue weighted by Crippen LogP contribution is 2.30. The third kappa shape index (κ3) is 1.38. The van der Waals surface area contributed by atoms with Crippen molar-refractivity contribution in [1.29, 1.82) is 0 Å². The minimum atomic E-state index is 0.200. The van der Waals surface area contributed by atoms with Crippen LogP contribution in [0.4, 0.5) is 0 Å². The van der Waals surface area contributed by atoms with E-state index < -0.39 is 0 Å². The molecule has 0 fully saturated rings. The first-order valence-corrected chi connectivity index (χ1v) is 4.54. The van der Waals surface area contributed by atoms with Gasteiger partial charge < -0.3 is 4.74 Å². The maximum atomic E-state index is 11.4. The predicted octanol–water partition coefficient (Wildman–Crippen LogP) is 1.83. The number of fused-ring (bicyclic) bond motifs is 1. The van der Waals surface area contributed by atoms with Gasteiger partial charge in [0.15, 0.2) is 5.78 Å². The lowest BCUT2D eigenvalue weighted by molar-refractivity contribution is 0.0994. The fourth-order valence-electron chi connectivity index (χ4n) is 1.71. The number of carbonyl (C=O) groups is 1. The van der Waals surface area contributed by atoms with Gasteiger partial charge in [-0.25, -0.2) is 0 Å². The first-order valence-electron chi connectivity index (χ1n) is 4.54. The van der Waals surface area contributed by atoms with Crippen LogP contribution < -0.4 is 4.74 Å². The molecule has 1 aromatic rings. The Labute approximate surface area is 82.9 Å². The fourth-order valence-corrected chi connectivity index (χ4v) is 1.71. The highest BCUT2D eigenvalue weighted by molar-refractivity contribution is 6.01. The van der Waals surface area contributed by atoms with Gasteiger partial charge in [0.05, 0.1) is 0 Å². The molecule has 2 nitrogen and oxygen atoms in total. The summed E-state index contributed by atoms with van der Waals surface area (Å²) in [5.41, 5.74) is 1.80. The Morgan fingerprint density at radius 3 is 3.07 bits per heavy atom. The maximum Gasteiger partial charge on any atom is 0.163 e. The van der Waals surface area contributed by atoms with Crippen molar-refractivity contribution < 1.29 is 9.53 Å². The minimum absolute atomic E-state index is 0.200. The van der Waals surface area contributed by atoms with Crippen LogP contribution in [0.1, 0.15) is 22.3 Å².